The third-order valence-electron chi connectivity index (χ3n) is 5.10. The highest BCUT2D eigenvalue weighted by molar-refractivity contribution is 5.95. The van der Waals surface area contributed by atoms with Crippen LogP contribution >= 0.6 is 0 Å². The molecule has 8 heteroatoms. The second-order valence-electron chi connectivity index (χ2n) is 7.00. The van der Waals surface area contributed by atoms with Crippen LogP contribution in [0.15, 0.2) is 52.9 Å². The van der Waals surface area contributed by atoms with Gasteiger partial charge in [0.15, 0.2) is 11.5 Å². The van der Waals surface area contributed by atoms with Crippen LogP contribution in [0.3, 0.4) is 0 Å². The Bertz CT molecular complexity index is 1010. The zero-order valence-electron chi connectivity index (χ0n) is 15.7. The van der Waals surface area contributed by atoms with Gasteiger partial charge in [-0.25, -0.2) is 0 Å². The van der Waals surface area contributed by atoms with Gasteiger partial charge in [-0.2, -0.15) is 0 Å². The molecule has 3 aromatic rings. The predicted molar refractivity (Wildman–Crippen MR) is 104 cm³/mol. The monoisotopic (exact) mass is 392 g/mol. The molecule has 3 heterocycles. The lowest BCUT2D eigenvalue weighted by atomic mass is 10.1. The highest BCUT2D eigenvalue weighted by Gasteiger charge is 2.26. The van der Waals surface area contributed by atoms with Crippen LogP contribution < -0.4 is 19.7 Å². The van der Waals surface area contributed by atoms with Gasteiger partial charge in [-0.05, 0) is 36.6 Å². The summed E-state index contributed by atoms with van der Waals surface area (Å²) < 4.78 is 16.6. The number of ether oxygens (including phenoxy) is 2. The Morgan fingerprint density at radius 2 is 1.79 bits per heavy atom. The number of hydrogen-bond donors (Lipinski definition) is 1. The fourth-order valence-corrected chi connectivity index (χ4v) is 3.56. The molecule has 8 nitrogen and oxygen atoms in total. The summed E-state index contributed by atoms with van der Waals surface area (Å²) in [4.78, 5) is 15.0. The van der Waals surface area contributed by atoms with Crippen molar-refractivity contribution in [2.45, 2.75) is 18.9 Å². The molecular formula is C21H20N4O4. The summed E-state index contributed by atoms with van der Waals surface area (Å²) in [5, 5.41) is 11.4. The van der Waals surface area contributed by atoms with Crippen molar-refractivity contribution < 1.29 is 18.7 Å². The van der Waals surface area contributed by atoms with Crippen LogP contribution in [0.5, 0.6) is 11.5 Å². The van der Waals surface area contributed by atoms with Crippen LogP contribution in [0.25, 0.3) is 0 Å². The SMILES string of the molecule is O=C(NC(c1ccccc1)c1nnc(N2CCCC2)o1)c1ccc2c(c1)OCO2. The van der Waals surface area contributed by atoms with E-state index in [0.717, 1.165) is 31.5 Å². The van der Waals surface area contributed by atoms with Crippen molar-refractivity contribution in [3.05, 3.63) is 65.5 Å². The van der Waals surface area contributed by atoms with Gasteiger partial charge in [-0.15, -0.1) is 5.10 Å². The Kier molecular flexibility index (Phi) is 4.51. The standard InChI is InChI=1S/C21H20N4O4/c26-19(15-8-9-16-17(12-15)28-13-27-16)22-18(14-6-2-1-3-7-14)20-23-24-21(29-20)25-10-4-5-11-25/h1-3,6-9,12,18H,4-5,10-11,13H2,(H,22,26). The van der Waals surface area contributed by atoms with Crippen LogP contribution in [0.2, 0.25) is 0 Å². The largest absolute Gasteiger partial charge is 0.454 e. The minimum Gasteiger partial charge on any atom is -0.454 e. The molecule has 1 amide bonds. The Morgan fingerprint density at radius 3 is 2.62 bits per heavy atom. The van der Waals surface area contributed by atoms with Crippen molar-refractivity contribution in [2.75, 3.05) is 24.8 Å². The van der Waals surface area contributed by atoms with Crippen LogP contribution in [-0.4, -0.2) is 36.0 Å². The maximum Gasteiger partial charge on any atom is 0.318 e. The number of nitrogens with one attached hydrogen (secondary N) is 1. The van der Waals surface area contributed by atoms with E-state index < -0.39 is 6.04 Å². The summed E-state index contributed by atoms with van der Waals surface area (Å²) in [6, 6.07) is 14.6. The summed E-state index contributed by atoms with van der Waals surface area (Å²) in [6.07, 6.45) is 2.22. The quantitative estimate of drug-likeness (QED) is 0.714. The van der Waals surface area contributed by atoms with Crippen LogP contribution in [0.1, 0.15) is 40.7 Å². The second-order valence-corrected chi connectivity index (χ2v) is 7.00. The first-order chi connectivity index (χ1) is 14.3. The minimum absolute atomic E-state index is 0.161. The first-order valence-corrected chi connectivity index (χ1v) is 9.62. The highest BCUT2D eigenvalue weighted by Crippen LogP contribution is 2.33. The molecule has 29 heavy (non-hydrogen) atoms. The van der Waals surface area contributed by atoms with E-state index in [2.05, 4.69) is 20.4 Å². The maximum atomic E-state index is 13.0. The molecular weight excluding hydrogens is 372 g/mol. The summed E-state index contributed by atoms with van der Waals surface area (Å²) in [5.74, 6) is 1.28. The van der Waals surface area contributed by atoms with Gasteiger partial charge in [0.1, 0.15) is 6.04 Å². The number of nitrogens with zero attached hydrogens (tertiary/aromatic N) is 3. The summed E-state index contributed by atoms with van der Waals surface area (Å²) in [7, 11) is 0. The van der Waals surface area contributed by atoms with Gasteiger partial charge < -0.3 is 24.1 Å². The van der Waals surface area contributed by atoms with Crippen molar-refractivity contribution in [3.63, 3.8) is 0 Å². The zero-order valence-corrected chi connectivity index (χ0v) is 15.7. The molecule has 0 aliphatic carbocycles. The molecule has 1 aromatic heterocycles. The molecule has 2 aromatic carbocycles. The first kappa shape index (κ1) is 17.5. The number of rotatable bonds is 5. The molecule has 1 N–H and O–H groups in total. The van der Waals surface area contributed by atoms with E-state index in [0.29, 0.717) is 29.0 Å². The molecule has 148 valence electrons. The molecule has 0 spiro atoms. The highest BCUT2D eigenvalue weighted by atomic mass is 16.7. The number of benzene rings is 2. The molecule has 1 unspecified atom stereocenters. The fraction of sp³-hybridized carbons (Fsp3) is 0.286. The average Bonchev–Trinajstić information content (AvgIpc) is 3.53. The number of amides is 1. The third-order valence-corrected chi connectivity index (χ3v) is 5.10. The predicted octanol–water partition coefficient (Wildman–Crippen LogP) is 2.92. The topological polar surface area (TPSA) is 89.7 Å². The average molecular weight is 392 g/mol. The maximum absolute atomic E-state index is 13.0. The third kappa shape index (κ3) is 3.49. The number of carbonyl (C=O) groups is 1. The number of anilines is 1. The van der Waals surface area contributed by atoms with Gasteiger partial charge in [0.05, 0.1) is 0 Å². The second kappa shape index (κ2) is 7.46. The summed E-state index contributed by atoms with van der Waals surface area (Å²) >= 11 is 0. The Hall–Kier alpha value is -3.55. The summed E-state index contributed by atoms with van der Waals surface area (Å²) in [6.45, 7) is 1.97. The van der Waals surface area contributed by atoms with Crippen LogP contribution in [0, 0.1) is 0 Å². The first-order valence-electron chi connectivity index (χ1n) is 9.62. The number of hydrogen-bond acceptors (Lipinski definition) is 7. The van der Waals surface area contributed by atoms with Gasteiger partial charge in [0, 0.05) is 18.7 Å². The Morgan fingerprint density at radius 1 is 1.00 bits per heavy atom. The van der Waals surface area contributed by atoms with E-state index >= 15 is 0 Å². The molecule has 0 bridgehead atoms. The van der Waals surface area contributed by atoms with E-state index in [4.69, 9.17) is 13.9 Å². The molecule has 1 fully saturated rings. The molecule has 2 aliphatic rings. The van der Waals surface area contributed by atoms with Crippen molar-refractivity contribution in [1.82, 2.24) is 15.5 Å². The number of fused-ring (bicyclic) bond motifs is 1. The van der Waals surface area contributed by atoms with Crippen molar-refractivity contribution in [1.29, 1.82) is 0 Å². The van der Waals surface area contributed by atoms with Crippen molar-refractivity contribution in [2.24, 2.45) is 0 Å². The smallest absolute Gasteiger partial charge is 0.318 e. The Labute approximate surface area is 167 Å². The lowest BCUT2D eigenvalue weighted by molar-refractivity contribution is 0.0937. The van der Waals surface area contributed by atoms with E-state index in [-0.39, 0.29) is 12.7 Å². The fourth-order valence-electron chi connectivity index (χ4n) is 3.56. The minimum atomic E-state index is -0.557. The molecule has 0 radical (unpaired) electrons. The van der Waals surface area contributed by atoms with E-state index in [1.54, 1.807) is 18.2 Å². The van der Waals surface area contributed by atoms with Crippen molar-refractivity contribution in [3.8, 4) is 11.5 Å². The van der Waals surface area contributed by atoms with Gasteiger partial charge in [0.25, 0.3) is 5.91 Å². The number of carbonyl (C=O) groups excluding carboxylic acids is 1. The van der Waals surface area contributed by atoms with E-state index in [1.807, 2.05) is 30.3 Å². The molecule has 1 atom stereocenters. The summed E-state index contributed by atoms with van der Waals surface area (Å²) in [5.41, 5.74) is 1.33. The van der Waals surface area contributed by atoms with E-state index in [9.17, 15) is 4.79 Å². The van der Waals surface area contributed by atoms with Crippen LogP contribution in [-0.2, 0) is 0 Å². The zero-order chi connectivity index (χ0) is 19.6. The molecule has 5 rings (SSSR count). The van der Waals surface area contributed by atoms with E-state index in [1.165, 1.54) is 0 Å². The molecule has 1 saturated heterocycles. The van der Waals surface area contributed by atoms with Gasteiger partial charge in [0.2, 0.25) is 12.7 Å². The van der Waals surface area contributed by atoms with Gasteiger partial charge in [-0.3, -0.25) is 4.79 Å². The molecule has 0 saturated carbocycles. The van der Waals surface area contributed by atoms with Gasteiger partial charge >= 0.3 is 6.01 Å². The molecule has 2 aliphatic heterocycles. The normalized spacial score (nSPS) is 16.1. The number of aromatic nitrogens is 2. The van der Waals surface area contributed by atoms with Gasteiger partial charge in [-0.1, -0.05) is 35.4 Å². The van der Waals surface area contributed by atoms with Crippen molar-refractivity contribution >= 4 is 11.9 Å². The lowest BCUT2D eigenvalue weighted by Crippen LogP contribution is -2.29. The Balaban J connectivity index is 1.43. The van der Waals surface area contributed by atoms with Crippen LogP contribution in [0.4, 0.5) is 6.01 Å². The lowest BCUT2D eigenvalue weighted by Gasteiger charge is -2.16.